The number of fused-ring (bicyclic) bond motifs is 5. The second-order valence-corrected chi connectivity index (χ2v) is 14.9. The molecule has 3 aliphatic heterocycles. The van der Waals surface area contributed by atoms with Crippen LogP contribution in [0.4, 0.5) is 20.4 Å². The van der Waals surface area contributed by atoms with Crippen molar-refractivity contribution in [2.24, 2.45) is 0 Å². The maximum absolute atomic E-state index is 15.9. The Balaban J connectivity index is 1.19. The molecule has 7 heterocycles. The summed E-state index contributed by atoms with van der Waals surface area (Å²) >= 11 is 0.680. The SMILES string of the molecule is CS[P@]1(=O)OC[C@H]2O[C@@H](n3cnc4c(N)ncnc43)[C@H](F)[C@@H]2O[P+](=O)OC[C@H]2O[C@@H](n3cnc4c(N)ncnc43)[C@H](O1)[C@@H]2F. The molecule has 0 aliphatic carbocycles. The lowest BCUT2D eigenvalue weighted by Gasteiger charge is -2.26. The molecule has 0 saturated carbocycles. The van der Waals surface area contributed by atoms with Gasteiger partial charge in [-0.15, -0.1) is 9.05 Å². The van der Waals surface area contributed by atoms with Gasteiger partial charge in [0, 0.05) is 4.57 Å². The van der Waals surface area contributed by atoms with Crippen LogP contribution in [0.2, 0.25) is 0 Å². The zero-order valence-electron chi connectivity index (χ0n) is 22.4. The van der Waals surface area contributed by atoms with Crippen molar-refractivity contribution in [3.05, 3.63) is 25.3 Å². The molecular weight excluding hydrogens is 652 g/mol. The fourth-order valence-corrected chi connectivity index (χ4v) is 8.10. The van der Waals surface area contributed by atoms with Crippen molar-refractivity contribution in [2.75, 3.05) is 30.9 Å². The lowest BCUT2D eigenvalue weighted by molar-refractivity contribution is -0.0559. The van der Waals surface area contributed by atoms with Crippen LogP contribution in [0.15, 0.2) is 25.3 Å². The Labute approximate surface area is 250 Å². The van der Waals surface area contributed by atoms with E-state index in [-0.39, 0.29) is 34.0 Å². The predicted molar refractivity (Wildman–Crippen MR) is 147 cm³/mol. The molecule has 0 aromatic carbocycles. The Morgan fingerprint density at radius 1 is 0.886 bits per heavy atom. The largest absolute Gasteiger partial charge is 0.697 e. The van der Waals surface area contributed by atoms with E-state index in [0.717, 1.165) is 0 Å². The summed E-state index contributed by atoms with van der Waals surface area (Å²) in [5, 5.41) is 0. The number of anilines is 2. The van der Waals surface area contributed by atoms with Crippen LogP contribution in [0.1, 0.15) is 12.5 Å². The van der Waals surface area contributed by atoms with E-state index in [4.69, 9.17) is 39.0 Å². The summed E-state index contributed by atoms with van der Waals surface area (Å²) in [6, 6.07) is 0. The number of nitrogens with zero attached hydrogens (tertiary/aromatic N) is 8. The van der Waals surface area contributed by atoms with Gasteiger partial charge in [-0.25, -0.2) is 43.2 Å². The summed E-state index contributed by atoms with van der Waals surface area (Å²) in [6.07, 6.45) is -5.97. The van der Waals surface area contributed by atoms with Crippen LogP contribution in [0.5, 0.6) is 0 Å². The van der Waals surface area contributed by atoms with Gasteiger partial charge in [0.15, 0.2) is 53.8 Å². The maximum Gasteiger partial charge on any atom is 0.697 e. The summed E-state index contributed by atoms with van der Waals surface area (Å²) in [4.78, 5) is 24.3. The van der Waals surface area contributed by atoms with E-state index in [1.165, 1.54) is 40.7 Å². The second-order valence-electron chi connectivity index (χ2n) is 9.77. The number of aromatic nitrogens is 8. The molecule has 234 valence electrons. The van der Waals surface area contributed by atoms with Crippen molar-refractivity contribution >= 4 is 60.4 Å². The quantitative estimate of drug-likeness (QED) is 0.297. The minimum absolute atomic E-state index is 0.0692. The highest BCUT2D eigenvalue weighted by Gasteiger charge is 2.56. The molecule has 4 aromatic rings. The summed E-state index contributed by atoms with van der Waals surface area (Å²) < 4.78 is 95.1. The zero-order chi connectivity index (χ0) is 30.7. The van der Waals surface area contributed by atoms with Gasteiger partial charge >= 0.3 is 15.1 Å². The maximum atomic E-state index is 15.9. The predicted octanol–water partition coefficient (Wildman–Crippen LogP) is 2.25. The number of hydrogen-bond acceptors (Lipinski definition) is 17. The van der Waals surface area contributed by atoms with Gasteiger partial charge in [0.25, 0.3) is 0 Å². The van der Waals surface area contributed by atoms with Gasteiger partial charge in [-0.1, -0.05) is 0 Å². The lowest BCUT2D eigenvalue weighted by Crippen LogP contribution is -2.33. The third-order valence-electron chi connectivity index (χ3n) is 7.28. The van der Waals surface area contributed by atoms with Crippen molar-refractivity contribution in [1.82, 2.24) is 39.0 Å². The molecule has 0 spiro atoms. The normalized spacial score (nSPS) is 35.8. The summed E-state index contributed by atoms with van der Waals surface area (Å²) in [6.45, 7) is -5.35. The Kier molecular flexibility index (Phi) is 7.71. The van der Waals surface area contributed by atoms with Crippen molar-refractivity contribution in [2.45, 2.75) is 49.2 Å². The number of halogens is 2. The van der Waals surface area contributed by atoms with Gasteiger partial charge in [-0.3, -0.25) is 18.2 Å². The molecule has 18 nitrogen and oxygen atoms in total. The number of imidazole rings is 2. The van der Waals surface area contributed by atoms with E-state index in [0.29, 0.717) is 11.4 Å². The smallest absolute Gasteiger partial charge is 0.382 e. The molecule has 3 aliphatic rings. The molecule has 3 fully saturated rings. The number of rotatable bonds is 3. The molecule has 3 saturated heterocycles. The van der Waals surface area contributed by atoms with Crippen molar-refractivity contribution in [3.8, 4) is 0 Å². The number of nitrogen functional groups attached to an aromatic ring is 2. The molecule has 0 amide bonds. The number of ether oxygens (including phenoxy) is 2. The standard InChI is InChI=1S/C21H23F2N10O8P2S/c1-44-43(35)37-3-9-14(11(23)20(39-9)32-6-30-12-16(24)26-4-28-18(12)32)40-42(34)36-2-8-10(22)15(41-43)21(38-8)33-7-31-13-17(25)27-5-29-19(13)33/h4-11,14-15,20-21H,2-3H2,1H3,(H2,24,26,28)(H2,25,27,29)/q+1/t8-,9-,10-,11-,14-,15-,20-,21-,43-/m1/s1. The summed E-state index contributed by atoms with van der Waals surface area (Å²) in [5.74, 6) is 0.144. The molecule has 1 unspecified atom stereocenters. The fraction of sp³-hybridized carbons (Fsp3) is 0.524. The van der Waals surface area contributed by atoms with Gasteiger partial charge in [0.2, 0.25) is 0 Å². The first kappa shape index (κ1) is 29.7. The van der Waals surface area contributed by atoms with Crippen molar-refractivity contribution < 1.29 is 45.5 Å². The lowest BCUT2D eigenvalue weighted by atomic mass is 10.1. The van der Waals surface area contributed by atoms with Crippen LogP contribution in [-0.4, -0.2) is 95.3 Å². The minimum atomic E-state index is -4.18. The number of hydrogen-bond donors (Lipinski definition) is 2. The number of alkyl halides is 2. The van der Waals surface area contributed by atoms with E-state index < -0.39 is 77.5 Å². The van der Waals surface area contributed by atoms with Crippen LogP contribution in [0.25, 0.3) is 22.3 Å². The highest BCUT2D eigenvalue weighted by molar-refractivity contribution is 8.54. The first-order valence-electron chi connectivity index (χ1n) is 12.9. The van der Waals surface area contributed by atoms with Crippen molar-refractivity contribution in [1.29, 1.82) is 0 Å². The van der Waals surface area contributed by atoms with Gasteiger partial charge in [0.05, 0.1) is 19.3 Å². The molecule has 44 heavy (non-hydrogen) atoms. The molecule has 4 aromatic heterocycles. The molecular formula is C21H23F2N10O8P2S+. The van der Waals surface area contributed by atoms with Gasteiger partial charge in [-0.05, 0) is 17.6 Å². The molecule has 10 atom stereocenters. The van der Waals surface area contributed by atoms with Gasteiger partial charge in [0.1, 0.15) is 48.6 Å². The first-order valence-corrected chi connectivity index (χ1v) is 17.3. The Bertz CT molecular complexity index is 1790. The van der Waals surface area contributed by atoms with Gasteiger partial charge in [-0.2, -0.15) is 0 Å². The minimum Gasteiger partial charge on any atom is -0.382 e. The van der Waals surface area contributed by atoms with Crippen LogP contribution in [0.3, 0.4) is 0 Å². The fourth-order valence-electron chi connectivity index (χ4n) is 5.16. The monoisotopic (exact) mass is 675 g/mol. The molecule has 23 heteroatoms. The van der Waals surface area contributed by atoms with E-state index in [1.807, 2.05) is 0 Å². The summed E-state index contributed by atoms with van der Waals surface area (Å²) in [5.41, 5.74) is 12.5. The zero-order valence-corrected chi connectivity index (χ0v) is 25.0. The Hall–Kier alpha value is -3.00. The average molecular weight is 675 g/mol. The van der Waals surface area contributed by atoms with Crippen LogP contribution < -0.4 is 11.5 Å². The molecule has 4 N–H and O–H groups in total. The van der Waals surface area contributed by atoms with Crippen molar-refractivity contribution in [3.63, 3.8) is 0 Å². The topological polar surface area (TPSA) is 229 Å². The Morgan fingerprint density at radius 2 is 1.50 bits per heavy atom. The van der Waals surface area contributed by atoms with Crippen LogP contribution in [0, 0.1) is 0 Å². The summed E-state index contributed by atoms with van der Waals surface area (Å²) in [7, 11) is -3.03. The highest BCUT2D eigenvalue weighted by Crippen LogP contribution is 2.62. The number of nitrogens with two attached hydrogens (primary N) is 2. The van der Waals surface area contributed by atoms with Crippen LogP contribution in [-0.2, 0) is 36.7 Å². The average Bonchev–Trinajstić information content (AvgIpc) is 3.77. The van der Waals surface area contributed by atoms with Gasteiger partial charge < -0.3 is 20.9 Å². The molecule has 0 radical (unpaired) electrons. The second kappa shape index (κ2) is 11.4. The molecule has 2 bridgehead atoms. The van der Waals surface area contributed by atoms with E-state index in [9.17, 15) is 9.13 Å². The van der Waals surface area contributed by atoms with E-state index >= 15 is 8.78 Å². The van der Waals surface area contributed by atoms with E-state index in [1.54, 1.807) is 0 Å². The molecule has 7 rings (SSSR count). The third-order valence-corrected chi connectivity index (χ3v) is 11.4. The highest BCUT2D eigenvalue weighted by atomic mass is 32.7. The van der Waals surface area contributed by atoms with E-state index in [2.05, 4.69) is 29.9 Å². The third kappa shape index (κ3) is 5.01. The first-order chi connectivity index (χ1) is 21.2. The Morgan fingerprint density at radius 3 is 2.14 bits per heavy atom. The van der Waals surface area contributed by atoms with Crippen LogP contribution >= 0.6 is 26.4 Å².